The standard InChI is InChI=1S/C14H22N4O3/c1-3-11-13(8(2)21-17-11)14(20)18-9(6-12(16)19)4-5-10(18)7-15/h9-10H,3-7,15H2,1-2H3,(H2,16,19)/t9-,10+/m1/s1. The molecule has 1 fully saturated rings. The summed E-state index contributed by atoms with van der Waals surface area (Å²) in [6.07, 6.45) is 2.29. The number of primary amides is 1. The first kappa shape index (κ1) is 15.5. The van der Waals surface area contributed by atoms with Crippen LogP contribution < -0.4 is 11.5 Å². The number of carbonyl (C=O) groups excluding carboxylic acids is 2. The molecule has 116 valence electrons. The first-order valence-electron chi connectivity index (χ1n) is 7.25. The third kappa shape index (κ3) is 2.92. The Morgan fingerprint density at radius 2 is 2.05 bits per heavy atom. The van der Waals surface area contributed by atoms with Gasteiger partial charge in [0.1, 0.15) is 11.3 Å². The molecule has 1 aromatic rings. The Morgan fingerprint density at radius 3 is 2.62 bits per heavy atom. The van der Waals surface area contributed by atoms with Gasteiger partial charge in [-0.15, -0.1) is 0 Å². The minimum absolute atomic E-state index is 0.0687. The highest BCUT2D eigenvalue weighted by molar-refractivity contribution is 5.97. The maximum absolute atomic E-state index is 12.9. The lowest BCUT2D eigenvalue weighted by molar-refractivity contribution is -0.118. The highest BCUT2D eigenvalue weighted by Crippen LogP contribution is 2.29. The molecule has 0 aliphatic carbocycles. The molecule has 0 saturated carbocycles. The predicted octanol–water partition coefficient (Wildman–Crippen LogP) is 0.353. The number of hydrogen-bond acceptors (Lipinski definition) is 5. The molecule has 0 bridgehead atoms. The number of likely N-dealkylation sites (tertiary alicyclic amines) is 1. The molecule has 2 amide bonds. The zero-order valence-corrected chi connectivity index (χ0v) is 12.5. The molecule has 2 atom stereocenters. The van der Waals surface area contributed by atoms with Crippen LogP contribution in [-0.2, 0) is 11.2 Å². The number of aryl methyl sites for hydroxylation is 2. The number of rotatable bonds is 5. The van der Waals surface area contributed by atoms with E-state index in [9.17, 15) is 9.59 Å². The summed E-state index contributed by atoms with van der Waals surface area (Å²) in [5, 5.41) is 3.92. The number of carbonyl (C=O) groups is 2. The smallest absolute Gasteiger partial charge is 0.259 e. The molecule has 7 heteroatoms. The second-order valence-corrected chi connectivity index (χ2v) is 5.42. The summed E-state index contributed by atoms with van der Waals surface area (Å²) in [5.74, 6) is -0.0737. The van der Waals surface area contributed by atoms with E-state index in [0.717, 1.165) is 12.8 Å². The van der Waals surface area contributed by atoms with Crippen LogP contribution >= 0.6 is 0 Å². The SMILES string of the molecule is CCc1noc(C)c1C(=O)N1[C@H](CN)CC[C@@H]1CC(N)=O. The van der Waals surface area contributed by atoms with E-state index in [4.69, 9.17) is 16.0 Å². The average Bonchev–Trinajstić information content (AvgIpc) is 3.00. The van der Waals surface area contributed by atoms with Crippen molar-refractivity contribution in [2.75, 3.05) is 6.54 Å². The molecule has 2 rings (SSSR count). The van der Waals surface area contributed by atoms with Crippen molar-refractivity contribution in [3.05, 3.63) is 17.0 Å². The first-order chi connectivity index (χ1) is 9.99. The summed E-state index contributed by atoms with van der Waals surface area (Å²) < 4.78 is 5.13. The normalized spacial score (nSPS) is 21.8. The fraction of sp³-hybridized carbons (Fsp3) is 0.643. The van der Waals surface area contributed by atoms with Gasteiger partial charge < -0.3 is 20.9 Å². The zero-order valence-electron chi connectivity index (χ0n) is 12.5. The monoisotopic (exact) mass is 294 g/mol. The molecule has 0 radical (unpaired) electrons. The van der Waals surface area contributed by atoms with Gasteiger partial charge in [0.2, 0.25) is 5.91 Å². The summed E-state index contributed by atoms with van der Waals surface area (Å²) in [6.45, 7) is 4.00. The lowest BCUT2D eigenvalue weighted by Crippen LogP contribution is -2.46. The van der Waals surface area contributed by atoms with Crippen molar-refractivity contribution in [2.45, 2.75) is 51.6 Å². The van der Waals surface area contributed by atoms with Crippen LogP contribution in [0.3, 0.4) is 0 Å². The number of nitrogens with zero attached hydrogens (tertiary/aromatic N) is 2. The van der Waals surface area contributed by atoms with Crippen LogP contribution in [0.15, 0.2) is 4.52 Å². The van der Waals surface area contributed by atoms with Crippen molar-refractivity contribution in [1.82, 2.24) is 10.1 Å². The third-order valence-corrected chi connectivity index (χ3v) is 4.05. The molecule has 2 heterocycles. The molecule has 21 heavy (non-hydrogen) atoms. The fourth-order valence-corrected chi connectivity index (χ4v) is 3.02. The van der Waals surface area contributed by atoms with Crippen molar-refractivity contribution in [3.63, 3.8) is 0 Å². The van der Waals surface area contributed by atoms with Gasteiger partial charge in [-0.1, -0.05) is 12.1 Å². The van der Waals surface area contributed by atoms with E-state index in [1.807, 2.05) is 6.92 Å². The van der Waals surface area contributed by atoms with E-state index in [2.05, 4.69) is 5.16 Å². The molecule has 1 aliphatic rings. The summed E-state index contributed by atoms with van der Waals surface area (Å²) in [5.41, 5.74) is 12.2. The van der Waals surface area contributed by atoms with Crippen molar-refractivity contribution < 1.29 is 14.1 Å². The Kier molecular flexibility index (Phi) is 4.62. The molecule has 1 saturated heterocycles. The van der Waals surface area contributed by atoms with Crippen LogP contribution in [0, 0.1) is 6.92 Å². The van der Waals surface area contributed by atoms with Crippen molar-refractivity contribution >= 4 is 11.8 Å². The first-order valence-corrected chi connectivity index (χ1v) is 7.25. The van der Waals surface area contributed by atoms with Crippen LogP contribution in [0.5, 0.6) is 0 Å². The highest BCUT2D eigenvalue weighted by Gasteiger charge is 2.39. The fourth-order valence-electron chi connectivity index (χ4n) is 3.02. The minimum Gasteiger partial charge on any atom is -0.370 e. The van der Waals surface area contributed by atoms with E-state index >= 15 is 0 Å². The largest absolute Gasteiger partial charge is 0.370 e. The number of nitrogens with two attached hydrogens (primary N) is 2. The van der Waals surface area contributed by atoms with Gasteiger partial charge in [-0.3, -0.25) is 9.59 Å². The van der Waals surface area contributed by atoms with Crippen LogP contribution in [0.25, 0.3) is 0 Å². The summed E-state index contributed by atoms with van der Waals surface area (Å²) >= 11 is 0. The average molecular weight is 294 g/mol. The minimum atomic E-state index is -0.409. The van der Waals surface area contributed by atoms with Gasteiger partial charge in [-0.2, -0.15) is 0 Å². The van der Waals surface area contributed by atoms with E-state index in [-0.39, 0.29) is 24.4 Å². The zero-order chi connectivity index (χ0) is 15.6. The van der Waals surface area contributed by atoms with Gasteiger partial charge in [0.25, 0.3) is 5.91 Å². The van der Waals surface area contributed by atoms with Crippen molar-refractivity contribution in [3.8, 4) is 0 Å². The van der Waals surface area contributed by atoms with E-state index in [1.54, 1.807) is 11.8 Å². The van der Waals surface area contributed by atoms with Crippen LogP contribution in [-0.4, -0.2) is 40.5 Å². The van der Waals surface area contributed by atoms with Gasteiger partial charge in [-0.25, -0.2) is 0 Å². The Labute approximate surface area is 123 Å². The molecule has 1 aliphatic heterocycles. The van der Waals surface area contributed by atoms with E-state index < -0.39 is 5.91 Å². The Morgan fingerprint density at radius 1 is 1.38 bits per heavy atom. The Bertz CT molecular complexity index is 540. The maximum Gasteiger partial charge on any atom is 0.259 e. The highest BCUT2D eigenvalue weighted by atomic mass is 16.5. The lowest BCUT2D eigenvalue weighted by Gasteiger charge is -2.29. The van der Waals surface area contributed by atoms with Crippen LogP contribution in [0.2, 0.25) is 0 Å². The molecule has 0 spiro atoms. The number of amides is 2. The number of aromatic nitrogens is 1. The summed E-state index contributed by atoms with van der Waals surface area (Å²) in [4.78, 5) is 25.8. The lowest BCUT2D eigenvalue weighted by atomic mass is 10.1. The van der Waals surface area contributed by atoms with Crippen LogP contribution in [0.1, 0.15) is 48.0 Å². The topological polar surface area (TPSA) is 115 Å². The van der Waals surface area contributed by atoms with Crippen LogP contribution in [0.4, 0.5) is 0 Å². The van der Waals surface area contributed by atoms with Gasteiger partial charge in [0, 0.05) is 25.0 Å². The second-order valence-electron chi connectivity index (χ2n) is 5.42. The van der Waals surface area contributed by atoms with Gasteiger partial charge in [0.05, 0.1) is 5.69 Å². The van der Waals surface area contributed by atoms with E-state index in [0.29, 0.717) is 30.0 Å². The maximum atomic E-state index is 12.9. The number of hydrogen-bond donors (Lipinski definition) is 2. The van der Waals surface area contributed by atoms with Gasteiger partial charge >= 0.3 is 0 Å². The van der Waals surface area contributed by atoms with Crippen molar-refractivity contribution in [2.24, 2.45) is 11.5 Å². The van der Waals surface area contributed by atoms with E-state index in [1.165, 1.54) is 0 Å². The predicted molar refractivity (Wildman–Crippen MR) is 76.5 cm³/mol. The molecular formula is C14H22N4O3. The summed E-state index contributed by atoms with van der Waals surface area (Å²) in [7, 11) is 0. The molecular weight excluding hydrogens is 272 g/mol. The molecule has 0 aromatic carbocycles. The van der Waals surface area contributed by atoms with Gasteiger partial charge in [0.15, 0.2) is 0 Å². The molecule has 0 unspecified atom stereocenters. The summed E-state index contributed by atoms with van der Waals surface area (Å²) in [6, 6.07) is -0.261. The van der Waals surface area contributed by atoms with Crippen molar-refractivity contribution in [1.29, 1.82) is 0 Å². The molecule has 1 aromatic heterocycles. The molecule has 4 N–H and O–H groups in total. The third-order valence-electron chi connectivity index (χ3n) is 4.05. The van der Waals surface area contributed by atoms with Gasteiger partial charge in [-0.05, 0) is 26.2 Å². The molecule has 7 nitrogen and oxygen atoms in total. The Balaban J connectivity index is 2.32. The second kappa shape index (κ2) is 6.26. The quantitative estimate of drug-likeness (QED) is 0.813. The Hall–Kier alpha value is -1.89.